The summed E-state index contributed by atoms with van der Waals surface area (Å²) in [5.74, 6) is 1.90. The second-order valence-electron chi connectivity index (χ2n) is 3.70. The van der Waals surface area contributed by atoms with E-state index in [0.717, 1.165) is 15.9 Å². The lowest BCUT2D eigenvalue weighted by Crippen LogP contribution is -2.05. The van der Waals surface area contributed by atoms with Gasteiger partial charge >= 0.3 is 0 Å². The first-order valence-corrected chi connectivity index (χ1v) is 6.45. The average Bonchev–Trinajstić information content (AvgIpc) is 2.47. The van der Waals surface area contributed by atoms with Crippen molar-refractivity contribution in [1.29, 1.82) is 0 Å². The van der Waals surface area contributed by atoms with E-state index in [1.165, 1.54) is 0 Å². The topological polar surface area (TPSA) is 72.0 Å². The lowest BCUT2D eigenvalue weighted by atomic mass is 10.3. The summed E-state index contributed by atoms with van der Waals surface area (Å²) in [4.78, 5) is 12.6. The highest BCUT2D eigenvalue weighted by Gasteiger charge is 2.04. The van der Waals surface area contributed by atoms with Crippen molar-refractivity contribution in [2.24, 2.45) is 0 Å². The molecule has 0 amide bonds. The summed E-state index contributed by atoms with van der Waals surface area (Å²) in [7, 11) is 3.37. The van der Waals surface area contributed by atoms with Crippen molar-refractivity contribution in [3.05, 3.63) is 34.6 Å². The van der Waals surface area contributed by atoms with Crippen molar-refractivity contribution in [3.63, 3.8) is 0 Å². The van der Waals surface area contributed by atoms with E-state index >= 15 is 0 Å². The highest BCUT2D eigenvalue weighted by molar-refractivity contribution is 9.10. The Kier molecular flexibility index (Phi) is 4.51. The molecule has 0 aromatic carbocycles. The Labute approximate surface area is 119 Å². The Bertz CT molecular complexity index is 546. The Balaban J connectivity index is 2.05. The third kappa shape index (κ3) is 3.54. The number of halogens is 1. The van der Waals surface area contributed by atoms with E-state index in [0.29, 0.717) is 18.4 Å². The van der Waals surface area contributed by atoms with Crippen molar-refractivity contribution in [1.82, 2.24) is 15.0 Å². The quantitative estimate of drug-likeness (QED) is 0.879. The molecule has 19 heavy (non-hydrogen) atoms. The van der Waals surface area contributed by atoms with Gasteiger partial charge in [0.15, 0.2) is 0 Å². The lowest BCUT2D eigenvalue weighted by Gasteiger charge is -2.09. The van der Waals surface area contributed by atoms with E-state index in [-0.39, 0.29) is 0 Å². The van der Waals surface area contributed by atoms with Crippen molar-refractivity contribution in [3.8, 4) is 5.88 Å². The van der Waals surface area contributed by atoms with Gasteiger partial charge in [0.25, 0.3) is 0 Å². The maximum absolute atomic E-state index is 5.01. The number of pyridine rings is 1. The molecule has 0 saturated heterocycles. The standard InChI is InChI=1S/C12H14BrN5O/c1-14-12-17-7-9(13)11(18-12)16-6-8-3-4-10(19-2)15-5-8/h3-5,7H,6H2,1-2H3,(H2,14,16,17,18). The third-order valence-electron chi connectivity index (χ3n) is 2.43. The van der Waals surface area contributed by atoms with Crippen LogP contribution in [0.25, 0.3) is 0 Å². The van der Waals surface area contributed by atoms with Gasteiger partial charge in [-0.2, -0.15) is 4.98 Å². The molecule has 0 saturated carbocycles. The molecule has 2 N–H and O–H groups in total. The number of nitrogens with zero attached hydrogens (tertiary/aromatic N) is 3. The summed E-state index contributed by atoms with van der Waals surface area (Å²) in [6, 6.07) is 3.78. The van der Waals surface area contributed by atoms with E-state index in [4.69, 9.17) is 4.74 Å². The average molecular weight is 324 g/mol. The molecule has 7 heteroatoms. The normalized spacial score (nSPS) is 10.1. The van der Waals surface area contributed by atoms with Crippen molar-refractivity contribution >= 4 is 27.7 Å². The lowest BCUT2D eigenvalue weighted by molar-refractivity contribution is 0.397. The number of anilines is 2. The predicted molar refractivity (Wildman–Crippen MR) is 77.4 cm³/mol. The predicted octanol–water partition coefficient (Wildman–Crippen LogP) is 2.30. The number of methoxy groups -OCH3 is 1. The van der Waals surface area contributed by atoms with Crippen molar-refractivity contribution in [2.45, 2.75) is 6.54 Å². The minimum atomic E-state index is 0.568. The number of hydrogen-bond acceptors (Lipinski definition) is 6. The van der Waals surface area contributed by atoms with Crippen LogP contribution in [0.4, 0.5) is 11.8 Å². The highest BCUT2D eigenvalue weighted by Crippen LogP contribution is 2.20. The fraction of sp³-hybridized carbons (Fsp3) is 0.250. The molecule has 0 unspecified atom stereocenters. The molecule has 0 radical (unpaired) electrons. The highest BCUT2D eigenvalue weighted by atomic mass is 79.9. The number of ether oxygens (including phenoxy) is 1. The van der Waals surface area contributed by atoms with Crippen LogP contribution in [0.2, 0.25) is 0 Å². The van der Waals surface area contributed by atoms with Crippen LogP contribution < -0.4 is 15.4 Å². The molecule has 2 heterocycles. The maximum atomic E-state index is 5.01. The van der Waals surface area contributed by atoms with Gasteiger partial charge in [0.2, 0.25) is 11.8 Å². The number of nitrogens with one attached hydrogen (secondary N) is 2. The van der Waals surface area contributed by atoms with Gasteiger partial charge in [0.1, 0.15) is 5.82 Å². The summed E-state index contributed by atoms with van der Waals surface area (Å²) < 4.78 is 5.83. The molecule has 2 aromatic rings. The first-order chi connectivity index (χ1) is 9.22. The molecule has 0 fully saturated rings. The summed E-state index contributed by atoms with van der Waals surface area (Å²) in [6.07, 6.45) is 3.47. The van der Waals surface area contributed by atoms with E-state index in [1.807, 2.05) is 12.1 Å². The molecular weight excluding hydrogens is 310 g/mol. The van der Waals surface area contributed by atoms with E-state index in [9.17, 15) is 0 Å². The smallest absolute Gasteiger partial charge is 0.224 e. The summed E-state index contributed by atoms with van der Waals surface area (Å²) in [5, 5.41) is 6.12. The number of rotatable bonds is 5. The van der Waals surface area contributed by atoms with Gasteiger partial charge in [-0.05, 0) is 21.5 Å². The molecule has 2 rings (SSSR count). The minimum absolute atomic E-state index is 0.568. The molecule has 0 atom stereocenters. The van der Waals surface area contributed by atoms with Crippen molar-refractivity contribution in [2.75, 3.05) is 24.8 Å². The van der Waals surface area contributed by atoms with Crippen LogP contribution >= 0.6 is 15.9 Å². The molecule has 0 spiro atoms. The molecule has 0 aliphatic heterocycles. The summed E-state index contributed by atoms with van der Waals surface area (Å²) >= 11 is 3.41. The van der Waals surface area contributed by atoms with E-state index in [1.54, 1.807) is 26.6 Å². The molecule has 2 aromatic heterocycles. The summed E-state index contributed by atoms with van der Waals surface area (Å²) in [5.41, 5.74) is 1.04. The van der Waals surface area contributed by atoms with Gasteiger partial charge in [-0.3, -0.25) is 0 Å². The van der Waals surface area contributed by atoms with Crippen LogP contribution in [-0.4, -0.2) is 29.1 Å². The number of hydrogen-bond donors (Lipinski definition) is 2. The number of aromatic nitrogens is 3. The van der Waals surface area contributed by atoms with Crippen LogP contribution in [0, 0.1) is 0 Å². The molecule has 100 valence electrons. The van der Waals surface area contributed by atoms with Crippen LogP contribution in [0.3, 0.4) is 0 Å². The van der Waals surface area contributed by atoms with Crippen molar-refractivity contribution < 1.29 is 4.74 Å². The van der Waals surface area contributed by atoms with Crippen LogP contribution in [0.15, 0.2) is 29.0 Å². The van der Waals surface area contributed by atoms with Gasteiger partial charge in [-0.1, -0.05) is 6.07 Å². The van der Waals surface area contributed by atoms with Gasteiger partial charge in [-0.15, -0.1) is 0 Å². The zero-order valence-corrected chi connectivity index (χ0v) is 12.2. The minimum Gasteiger partial charge on any atom is -0.481 e. The SMILES string of the molecule is CNc1ncc(Br)c(NCc2ccc(OC)nc2)n1. The van der Waals surface area contributed by atoms with Crippen LogP contribution in [-0.2, 0) is 6.54 Å². The van der Waals surface area contributed by atoms with E-state index < -0.39 is 0 Å². The van der Waals surface area contributed by atoms with Crippen LogP contribution in [0.5, 0.6) is 5.88 Å². The molecule has 0 aliphatic carbocycles. The van der Waals surface area contributed by atoms with Gasteiger partial charge in [0, 0.05) is 32.1 Å². The molecular formula is C12H14BrN5O. The second kappa shape index (κ2) is 6.33. The Morgan fingerprint density at radius 1 is 1.26 bits per heavy atom. The zero-order chi connectivity index (χ0) is 13.7. The van der Waals surface area contributed by atoms with Gasteiger partial charge in [0.05, 0.1) is 11.6 Å². The fourth-order valence-corrected chi connectivity index (χ4v) is 1.76. The van der Waals surface area contributed by atoms with Gasteiger partial charge in [-0.25, -0.2) is 9.97 Å². The molecule has 0 bridgehead atoms. The Morgan fingerprint density at radius 3 is 2.74 bits per heavy atom. The zero-order valence-electron chi connectivity index (χ0n) is 10.6. The Morgan fingerprint density at radius 2 is 2.11 bits per heavy atom. The summed E-state index contributed by atoms with van der Waals surface area (Å²) in [6.45, 7) is 0.621. The largest absolute Gasteiger partial charge is 0.481 e. The molecule has 6 nitrogen and oxygen atoms in total. The first-order valence-electron chi connectivity index (χ1n) is 5.66. The maximum Gasteiger partial charge on any atom is 0.224 e. The van der Waals surface area contributed by atoms with Gasteiger partial charge < -0.3 is 15.4 Å². The third-order valence-corrected chi connectivity index (χ3v) is 3.01. The first kappa shape index (κ1) is 13.5. The molecule has 0 aliphatic rings. The Hall–Kier alpha value is -1.89. The van der Waals surface area contributed by atoms with Crippen LogP contribution in [0.1, 0.15) is 5.56 Å². The fourth-order valence-electron chi connectivity index (χ4n) is 1.43. The second-order valence-corrected chi connectivity index (χ2v) is 4.56. The monoisotopic (exact) mass is 323 g/mol. The van der Waals surface area contributed by atoms with E-state index in [2.05, 4.69) is 41.5 Å².